The summed E-state index contributed by atoms with van der Waals surface area (Å²) in [7, 11) is 0. The van der Waals surface area contributed by atoms with Crippen molar-refractivity contribution in [3.63, 3.8) is 0 Å². The van der Waals surface area contributed by atoms with E-state index in [2.05, 4.69) is 17.2 Å². The topological polar surface area (TPSA) is 49.3 Å². The Hall–Kier alpha value is -1.01. The van der Waals surface area contributed by atoms with Crippen LogP contribution < -0.4 is 5.32 Å². The number of piperidine rings is 1. The van der Waals surface area contributed by atoms with Gasteiger partial charge >= 0.3 is 5.97 Å². The highest BCUT2D eigenvalue weighted by Crippen LogP contribution is 2.08. The first-order valence-electron chi connectivity index (χ1n) is 4.24. The Labute approximate surface area is 72.2 Å². The van der Waals surface area contributed by atoms with Crippen molar-refractivity contribution in [2.75, 3.05) is 6.54 Å². The Bertz CT molecular complexity index is 208. The molecular weight excluding hydrogens is 154 g/mol. The molecule has 1 aliphatic rings. The van der Waals surface area contributed by atoms with Gasteiger partial charge in [0.05, 0.1) is 0 Å². The molecule has 0 radical (unpaired) electrons. The lowest BCUT2D eigenvalue weighted by Crippen LogP contribution is -2.33. The van der Waals surface area contributed by atoms with Gasteiger partial charge in [0.1, 0.15) is 0 Å². The zero-order valence-corrected chi connectivity index (χ0v) is 6.97. The minimum atomic E-state index is -1.04. The molecule has 0 aromatic heterocycles. The van der Waals surface area contributed by atoms with Crippen molar-refractivity contribution in [1.82, 2.24) is 5.32 Å². The fourth-order valence-electron chi connectivity index (χ4n) is 1.35. The van der Waals surface area contributed by atoms with Gasteiger partial charge in [0.25, 0.3) is 0 Å². The molecule has 12 heavy (non-hydrogen) atoms. The molecule has 1 unspecified atom stereocenters. The zero-order chi connectivity index (χ0) is 8.81. The number of rotatable bonds is 1. The first-order valence-corrected chi connectivity index (χ1v) is 4.24. The lowest BCUT2D eigenvalue weighted by atomic mass is 10.0. The maximum absolute atomic E-state index is 10.0. The molecule has 1 heterocycles. The number of hydrogen-bond acceptors (Lipinski definition) is 2. The summed E-state index contributed by atoms with van der Waals surface area (Å²) in [4.78, 5) is 10.0. The van der Waals surface area contributed by atoms with E-state index in [1.807, 2.05) is 0 Å². The molecule has 0 spiro atoms. The monoisotopic (exact) mass is 167 g/mol. The van der Waals surface area contributed by atoms with Crippen LogP contribution in [0.2, 0.25) is 0 Å². The zero-order valence-electron chi connectivity index (χ0n) is 6.97. The molecule has 0 aromatic rings. The highest BCUT2D eigenvalue weighted by Gasteiger charge is 2.10. The van der Waals surface area contributed by atoms with E-state index >= 15 is 0 Å². The lowest BCUT2D eigenvalue weighted by Gasteiger charge is -2.20. The minimum Gasteiger partial charge on any atom is -0.472 e. The van der Waals surface area contributed by atoms with Crippen LogP contribution in [-0.4, -0.2) is 23.7 Å². The lowest BCUT2D eigenvalue weighted by molar-refractivity contribution is -0.130. The predicted octanol–water partition coefficient (Wildman–Crippen LogP) is 0.607. The summed E-state index contributed by atoms with van der Waals surface area (Å²) >= 11 is 0. The number of nitrogens with one attached hydrogen (secondary N) is 1. The van der Waals surface area contributed by atoms with Crippen molar-refractivity contribution >= 4 is 5.97 Å². The van der Waals surface area contributed by atoms with Gasteiger partial charge in [0.15, 0.2) is 0 Å². The fraction of sp³-hybridized carbons (Fsp3) is 0.667. The quantitative estimate of drug-likeness (QED) is 0.562. The number of aliphatic carboxylic acids is 1. The van der Waals surface area contributed by atoms with Crippen LogP contribution in [0.5, 0.6) is 0 Å². The molecule has 1 atom stereocenters. The molecule has 1 rings (SSSR count). The van der Waals surface area contributed by atoms with Gasteiger partial charge in [-0.25, -0.2) is 4.79 Å². The van der Waals surface area contributed by atoms with Gasteiger partial charge in [-0.2, -0.15) is 0 Å². The highest BCUT2D eigenvalue weighted by molar-refractivity contribution is 5.86. The van der Waals surface area contributed by atoms with Crippen LogP contribution in [0, 0.1) is 11.8 Å². The maximum Gasteiger partial charge on any atom is 0.381 e. The van der Waals surface area contributed by atoms with Crippen molar-refractivity contribution in [2.45, 2.75) is 31.7 Å². The third-order valence-electron chi connectivity index (χ3n) is 1.96. The molecule has 0 saturated carbocycles. The summed E-state index contributed by atoms with van der Waals surface area (Å²) in [5.74, 6) is 3.73. The summed E-state index contributed by atoms with van der Waals surface area (Å²) in [5.41, 5.74) is 0. The smallest absolute Gasteiger partial charge is 0.381 e. The van der Waals surface area contributed by atoms with Gasteiger partial charge in [-0.1, -0.05) is 12.3 Å². The van der Waals surface area contributed by atoms with Crippen molar-refractivity contribution in [3.8, 4) is 11.8 Å². The van der Waals surface area contributed by atoms with Gasteiger partial charge in [-0.3, -0.25) is 0 Å². The number of carboxylic acids is 1. The van der Waals surface area contributed by atoms with Crippen molar-refractivity contribution < 1.29 is 9.90 Å². The summed E-state index contributed by atoms with van der Waals surface area (Å²) in [6.45, 7) is 1.04. The molecule has 3 nitrogen and oxygen atoms in total. The Balaban J connectivity index is 2.22. The normalized spacial score (nSPS) is 22.5. The van der Waals surface area contributed by atoms with Gasteiger partial charge < -0.3 is 10.4 Å². The second-order valence-corrected chi connectivity index (χ2v) is 2.96. The van der Waals surface area contributed by atoms with Gasteiger partial charge in [-0.15, -0.1) is 0 Å². The average molecular weight is 167 g/mol. The summed E-state index contributed by atoms with van der Waals surface area (Å²) < 4.78 is 0. The number of hydrogen-bond donors (Lipinski definition) is 2. The molecule has 1 fully saturated rings. The maximum atomic E-state index is 10.0. The van der Waals surface area contributed by atoms with Crippen molar-refractivity contribution in [2.24, 2.45) is 0 Å². The third kappa shape index (κ3) is 3.40. The SMILES string of the molecule is O=C(O)C#CCC1CCCCN1. The van der Waals surface area contributed by atoms with E-state index < -0.39 is 5.97 Å². The van der Waals surface area contributed by atoms with E-state index in [9.17, 15) is 4.79 Å². The average Bonchev–Trinajstić information content (AvgIpc) is 2.05. The van der Waals surface area contributed by atoms with E-state index in [1.54, 1.807) is 0 Å². The Kier molecular flexibility index (Phi) is 3.62. The van der Waals surface area contributed by atoms with Crippen LogP contribution in [0.1, 0.15) is 25.7 Å². The molecule has 3 heteroatoms. The molecule has 0 aliphatic carbocycles. The summed E-state index contributed by atoms with van der Waals surface area (Å²) in [5, 5.41) is 11.5. The van der Waals surface area contributed by atoms with E-state index in [4.69, 9.17) is 5.11 Å². The van der Waals surface area contributed by atoms with Crippen LogP contribution in [0.25, 0.3) is 0 Å². The van der Waals surface area contributed by atoms with Crippen LogP contribution in [0.3, 0.4) is 0 Å². The standard InChI is InChI=1S/C9H13NO2/c11-9(12)6-3-5-8-4-1-2-7-10-8/h8,10H,1-2,4-5,7H2,(H,11,12). The Morgan fingerprint density at radius 3 is 3.00 bits per heavy atom. The Morgan fingerprint density at radius 1 is 1.58 bits per heavy atom. The first kappa shape index (κ1) is 9.08. The molecule has 66 valence electrons. The first-order chi connectivity index (χ1) is 5.79. The third-order valence-corrected chi connectivity index (χ3v) is 1.96. The van der Waals surface area contributed by atoms with Gasteiger partial charge in [-0.05, 0) is 19.4 Å². The van der Waals surface area contributed by atoms with Gasteiger partial charge in [0, 0.05) is 18.4 Å². The summed E-state index contributed by atoms with van der Waals surface area (Å²) in [6, 6.07) is 0.408. The summed E-state index contributed by atoms with van der Waals surface area (Å²) in [6.07, 6.45) is 4.23. The molecule has 1 saturated heterocycles. The number of carbonyl (C=O) groups is 1. The highest BCUT2D eigenvalue weighted by atomic mass is 16.4. The van der Waals surface area contributed by atoms with Crippen molar-refractivity contribution in [1.29, 1.82) is 0 Å². The number of carboxylic acid groups (broad SMARTS) is 1. The second kappa shape index (κ2) is 4.78. The van der Waals surface area contributed by atoms with Crippen LogP contribution >= 0.6 is 0 Å². The molecule has 2 N–H and O–H groups in total. The molecule has 0 amide bonds. The molecule has 0 bridgehead atoms. The van der Waals surface area contributed by atoms with E-state index in [1.165, 1.54) is 12.8 Å². The van der Waals surface area contributed by atoms with E-state index in [0.29, 0.717) is 12.5 Å². The largest absolute Gasteiger partial charge is 0.472 e. The van der Waals surface area contributed by atoms with Crippen LogP contribution in [0.4, 0.5) is 0 Å². The molecule has 0 aromatic carbocycles. The Morgan fingerprint density at radius 2 is 2.42 bits per heavy atom. The van der Waals surface area contributed by atoms with Crippen LogP contribution in [-0.2, 0) is 4.79 Å². The molecular formula is C9H13NO2. The minimum absolute atomic E-state index is 0.408. The van der Waals surface area contributed by atoms with E-state index in [-0.39, 0.29) is 0 Å². The molecule has 1 aliphatic heterocycles. The fourth-order valence-corrected chi connectivity index (χ4v) is 1.35. The van der Waals surface area contributed by atoms with Gasteiger partial charge in [0.2, 0.25) is 0 Å². The van der Waals surface area contributed by atoms with E-state index in [0.717, 1.165) is 13.0 Å². The second-order valence-electron chi connectivity index (χ2n) is 2.96. The van der Waals surface area contributed by atoms with Crippen molar-refractivity contribution in [3.05, 3.63) is 0 Å². The van der Waals surface area contributed by atoms with Crippen LogP contribution in [0.15, 0.2) is 0 Å². The predicted molar refractivity (Wildman–Crippen MR) is 45.7 cm³/mol.